The van der Waals surface area contributed by atoms with E-state index in [2.05, 4.69) is 90.6 Å². The van der Waals surface area contributed by atoms with Gasteiger partial charge in [0.05, 0.1) is 18.9 Å². The van der Waals surface area contributed by atoms with Crippen LogP contribution in [-0.2, 0) is 35.3 Å². The second-order valence-corrected chi connectivity index (χ2v) is 12.9. The van der Waals surface area contributed by atoms with E-state index in [-0.39, 0.29) is 0 Å². The Morgan fingerprint density at radius 2 is 1.27 bits per heavy atom. The van der Waals surface area contributed by atoms with Gasteiger partial charge < -0.3 is 28.3 Å². The Morgan fingerprint density at radius 3 is 1.98 bits per heavy atom. The van der Waals surface area contributed by atoms with Gasteiger partial charge in [-0.05, 0) is 62.1 Å². The smallest absolute Gasteiger partial charge is 0.137 e. The summed E-state index contributed by atoms with van der Waals surface area (Å²) >= 11 is 0. The van der Waals surface area contributed by atoms with Gasteiger partial charge in [0.15, 0.2) is 0 Å². The number of benzene rings is 2. The lowest BCUT2D eigenvalue weighted by molar-refractivity contribution is 0.109. The Bertz CT molecular complexity index is 1420. The number of hydrogen-bond donors (Lipinski definition) is 0. The van der Waals surface area contributed by atoms with Crippen molar-refractivity contribution in [2.24, 2.45) is 0 Å². The maximum atomic E-state index is 5.93. The number of anilines is 2. The third-order valence-corrected chi connectivity index (χ3v) is 9.46. The summed E-state index contributed by atoms with van der Waals surface area (Å²) in [6.45, 7) is 13.8. The van der Waals surface area contributed by atoms with Crippen molar-refractivity contribution in [2.75, 3.05) is 95.1 Å². The Balaban J connectivity index is 0.783. The molecule has 0 amide bonds. The Kier molecular flexibility index (Phi) is 13.3. The first kappa shape index (κ1) is 34.2. The molecular formula is C38H52N6O4. The summed E-state index contributed by atoms with van der Waals surface area (Å²) < 4.78 is 22.1. The van der Waals surface area contributed by atoms with Crippen molar-refractivity contribution in [1.82, 2.24) is 20.1 Å². The summed E-state index contributed by atoms with van der Waals surface area (Å²) in [4.78, 5) is 10.1. The van der Waals surface area contributed by atoms with E-state index in [1.165, 1.54) is 16.9 Å². The normalized spacial score (nSPS) is 16.2. The van der Waals surface area contributed by atoms with E-state index in [0.717, 1.165) is 134 Å². The largest absolute Gasteiger partial charge is 0.381 e. The van der Waals surface area contributed by atoms with E-state index in [9.17, 15) is 0 Å². The summed E-state index contributed by atoms with van der Waals surface area (Å²) in [5.41, 5.74) is 5.80. The fraction of sp³-hybridized carbons (Fsp3) is 0.526. The fourth-order valence-electron chi connectivity index (χ4n) is 6.53. The molecule has 0 N–H and O–H groups in total. The van der Waals surface area contributed by atoms with Crippen molar-refractivity contribution >= 4 is 11.4 Å². The molecule has 0 saturated carbocycles. The average Bonchev–Trinajstić information content (AvgIpc) is 3.84. The quantitative estimate of drug-likeness (QED) is 0.123. The van der Waals surface area contributed by atoms with Crippen LogP contribution < -0.4 is 9.80 Å². The molecule has 258 valence electrons. The zero-order valence-electron chi connectivity index (χ0n) is 28.4. The molecule has 4 aromatic rings. The zero-order chi connectivity index (χ0) is 32.6. The monoisotopic (exact) mass is 656 g/mol. The van der Waals surface area contributed by atoms with E-state index >= 15 is 0 Å². The molecule has 0 aliphatic carbocycles. The molecule has 10 heteroatoms. The van der Waals surface area contributed by atoms with Gasteiger partial charge in [0.1, 0.15) is 17.7 Å². The predicted molar refractivity (Wildman–Crippen MR) is 189 cm³/mol. The molecule has 2 saturated heterocycles. The van der Waals surface area contributed by atoms with Gasteiger partial charge >= 0.3 is 0 Å². The van der Waals surface area contributed by atoms with Crippen molar-refractivity contribution in [3.05, 3.63) is 95.7 Å². The fourth-order valence-corrected chi connectivity index (χ4v) is 6.53. The number of aryl methyl sites for hydroxylation is 2. The highest BCUT2D eigenvalue weighted by Gasteiger charge is 2.18. The van der Waals surface area contributed by atoms with Crippen molar-refractivity contribution in [3.63, 3.8) is 0 Å². The third kappa shape index (κ3) is 10.9. The number of aromatic nitrogens is 2. The molecule has 4 heterocycles. The van der Waals surface area contributed by atoms with Gasteiger partial charge in [-0.25, -0.2) is 0 Å². The van der Waals surface area contributed by atoms with Gasteiger partial charge in [-0.2, -0.15) is 0 Å². The minimum atomic E-state index is 0.529. The lowest BCUT2D eigenvalue weighted by Crippen LogP contribution is -2.46. The number of nitrogens with zero attached hydrogens (tertiary/aromatic N) is 6. The van der Waals surface area contributed by atoms with Crippen LogP contribution in [0.5, 0.6) is 0 Å². The second-order valence-electron chi connectivity index (χ2n) is 12.9. The predicted octanol–water partition coefficient (Wildman–Crippen LogP) is 5.34. The van der Waals surface area contributed by atoms with Gasteiger partial charge in [0.2, 0.25) is 0 Å². The maximum absolute atomic E-state index is 5.93. The summed E-state index contributed by atoms with van der Waals surface area (Å²) in [7, 11) is 0. The van der Waals surface area contributed by atoms with Crippen LogP contribution in [0.3, 0.4) is 0 Å². The Hall–Kier alpha value is -3.70. The molecule has 2 aromatic carbocycles. The summed E-state index contributed by atoms with van der Waals surface area (Å²) in [6.07, 6.45) is 7.46. The van der Waals surface area contributed by atoms with Gasteiger partial charge in [-0.3, -0.25) is 9.80 Å². The molecule has 0 radical (unpaired) electrons. The SMILES string of the molecule is c1ccc(N2CCN(CCCOCCc3cc(CCc4ccc(N5CCN(CCCCOCc6ccon6)CC5)cc4)on3)CC2)cc1. The van der Waals surface area contributed by atoms with Gasteiger partial charge in [0, 0.05) is 108 Å². The van der Waals surface area contributed by atoms with E-state index in [1.54, 1.807) is 6.26 Å². The number of para-hydroxylation sites is 1. The Morgan fingerprint density at radius 1 is 0.583 bits per heavy atom. The Labute approximate surface area is 285 Å². The molecule has 10 nitrogen and oxygen atoms in total. The molecule has 2 aromatic heterocycles. The average molecular weight is 657 g/mol. The molecule has 2 aliphatic heterocycles. The van der Waals surface area contributed by atoms with Crippen LogP contribution in [0.4, 0.5) is 11.4 Å². The highest BCUT2D eigenvalue weighted by atomic mass is 16.5. The molecule has 2 aliphatic rings. The molecule has 6 rings (SSSR count). The maximum Gasteiger partial charge on any atom is 0.137 e. The zero-order valence-corrected chi connectivity index (χ0v) is 28.4. The molecule has 0 bridgehead atoms. The first-order valence-corrected chi connectivity index (χ1v) is 17.9. The standard InChI is InChI=1S/C38H52N6O4/c1-2-7-36(8-3-1)43-23-21-42(22-24-43)18-6-28-45-29-15-34-31-38(48-40-34)14-11-33-9-12-37(13-10-33)44-25-19-41(20-26-44)17-4-5-27-46-32-35-16-30-47-39-35/h1-3,7-10,12-13,16,30-31H,4-6,11,14-15,17-29,32H2. The third-order valence-electron chi connectivity index (χ3n) is 9.46. The van der Waals surface area contributed by atoms with Gasteiger partial charge in [0.25, 0.3) is 0 Å². The topological polar surface area (TPSA) is 83.5 Å². The van der Waals surface area contributed by atoms with Crippen molar-refractivity contribution in [3.8, 4) is 0 Å². The number of unbranched alkanes of at least 4 members (excludes halogenated alkanes) is 1. The minimum Gasteiger partial charge on any atom is -0.381 e. The van der Waals surface area contributed by atoms with Crippen LogP contribution in [0.15, 0.2) is 82.0 Å². The van der Waals surface area contributed by atoms with Crippen LogP contribution in [-0.4, -0.2) is 105 Å². The van der Waals surface area contributed by atoms with Crippen molar-refractivity contribution < 1.29 is 18.5 Å². The molecular weight excluding hydrogens is 604 g/mol. The van der Waals surface area contributed by atoms with E-state index in [1.807, 2.05) is 6.07 Å². The first-order valence-electron chi connectivity index (χ1n) is 17.9. The number of ether oxygens (including phenoxy) is 2. The van der Waals surface area contributed by atoms with Gasteiger partial charge in [-0.1, -0.05) is 40.6 Å². The van der Waals surface area contributed by atoms with Crippen molar-refractivity contribution in [2.45, 2.75) is 45.1 Å². The number of hydrogen-bond acceptors (Lipinski definition) is 10. The minimum absolute atomic E-state index is 0.529. The van der Waals surface area contributed by atoms with Crippen LogP contribution in [0.2, 0.25) is 0 Å². The van der Waals surface area contributed by atoms with E-state index in [4.69, 9.17) is 18.5 Å². The van der Waals surface area contributed by atoms with Crippen LogP contribution in [0.25, 0.3) is 0 Å². The number of rotatable bonds is 19. The first-order chi connectivity index (χ1) is 23.8. The lowest BCUT2D eigenvalue weighted by Gasteiger charge is -2.36. The molecule has 0 atom stereocenters. The lowest BCUT2D eigenvalue weighted by atomic mass is 10.1. The van der Waals surface area contributed by atoms with Crippen LogP contribution >= 0.6 is 0 Å². The van der Waals surface area contributed by atoms with E-state index in [0.29, 0.717) is 13.2 Å². The summed E-state index contributed by atoms with van der Waals surface area (Å²) in [6, 6.07) is 23.7. The molecule has 0 spiro atoms. The highest BCUT2D eigenvalue weighted by Crippen LogP contribution is 2.19. The highest BCUT2D eigenvalue weighted by molar-refractivity contribution is 5.48. The summed E-state index contributed by atoms with van der Waals surface area (Å²) in [5, 5.41) is 8.16. The number of piperazine rings is 2. The molecule has 0 unspecified atom stereocenters. The van der Waals surface area contributed by atoms with Crippen molar-refractivity contribution in [1.29, 1.82) is 0 Å². The molecule has 48 heavy (non-hydrogen) atoms. The van der Waals surface area contributed by atoms with Crippen LogP contribution in [0, 0.1) is 0 Å². The molecule has 2 fully saturated rings. The van der Waals surface area contributed by atoms with Crippen LogP contribution in [0.1, 0.15) is 42.0 Å². The van der Waals surface area contributed by atoms with E-state index < -0.39 is 0 Å². The summed E-state index contributed by atoms with van der Waals surface area (Å²) in [5.74, 6) is 0.946. The van der Waals surface area contributed by atoms with Gasteiger partial charge in [-0.15, -0.1) is 0 Å². The second kappa shape index (κ2) is 18.7.